The van der Waals surface area contributed by atoms with Crippen molar-refractivity contribution in [2.24, 2.45) is 4.99 Å². The summed E-state index contributed by atoms with van der Waals surface area (Å²) in [4.78, 5) is 17.4. The summed E-state index contributed by atoms with van der Waals surface area (Å²) in [5.41, 5.74) is 1.05. The molecule has 0 aromatic heterocycles. The van der Waals surface area contributed by atoms with Crippen molar-refractivity contribution in [1.29, 1.82) is 0 Å². The summed E-state index contributed by atoms with van der Waals surface area (Å²) >= 11 is 0. The van der Waals surface area contributed by atoms with Crippen LogP contribution in [-0.2, 0) is 11.3 Å². The number of guanidine groups is 1. The average Bonchev–Trinajstić information content (AvgIpc) is 2.72. The van der Waals surface area contributed by atoms with Crippen LogP contribution in [-0.4, -0.2) is 61.7 Å². The van der Waals surface area contributed by atoms with Crippen LogP contribution in [0.25, 0.3) is 0 Å². The minimum absolute atomic E-state index is 0. The van der Waals surface area contributed by atoms with Crippen LogP contribution < -0.4 is 10.6 Å². The van der Waals surface area contributed by atoms with Gasteiger partial charge in [0.15, 0.2) is 5.96 Å². The highest BCUT2D eigenvalue weighted by Crippen LogP contribution is 2.12. The maximum Gasteiger partial charge on any atom is 0.269 e. The van der Waals surface area contributed by atoms with E-state index in [-0.39, 0.29) is 34.6 Å². The van der Waals surface area contributed by atoms with E-state index in [1.165, 1.54) is 31.4 Å². The third-order valence-corrected chi connectivity index (χ3v) is 4.71. The Labute approximate surface area is 190 Å². The number of nitrogens with zero attached hydrogens (tertiary/aromatic N) is 3. The lowest BCUT2D eigenvalue weighted by molar-refractivity contribution is -0.384. The fourth-order valence-electron chi connectivity index (χ4n) is 2.98. The summed E-state index contributed by atoms with van der Waals surface area (Å²) < 4.78 is 5.38. The number of morpholine rings is 1. The summed E-state index contributed by atoms with van der Waals surface area (Å²) in [6.07, 6.45) is 4.81. The summed E-state index contributed by atoms with van der Waals surface area (Å²) in [7, 11) is 0. The number of unbranched alkanes of at least 4 members (excludes halogenated alkanes) is 3. The van der Waals surface area contributed by atoms with Crippen molar-refractivity contribution >= 4 is 35.6 Å². The zero-order valence-electron chi connectivity index (χ0n) is 17.3. The first-order valence-corrected chi connectivity index (χ1v) is 10.2. The van der Waals surface area contributed by atoms with Gasteiger partial charge >= 0.3 is 0 Å². The lowest BCUT2D eigenvalue weighted by atomic mass is 10.2. The Bertz CT molecular complexity index is 607. The molecule has 0 bridgehead atoms. The third kappa shape index (κ3) is 10.8. The number of halogens is 1. The summed E-state index contributed by atoms with van der Waals surface area (Å²) in [6.45, 7) is 8.91. The Kier molecular flexibility index (Phi) is 13.6. The molecule has 1 aliphatic heterocycles. The topological polar surface area (TPSA) is 92.0 Å². The Morgan fingerprint density at radius 1 is 1.14 bits per heavy atom. The van der Waals surface area contributed by atoms with Gasteiger partial charge < -0.3 is 15.4 Å². The minimum Gasteiger partial charge on any atom is -0.379 e. The average molecular weight is 519 g/mol. The highest BCUT2D eigenvalue weighted by molar-refractivity contribution is 14.0. The Morgan fingerprint density at radius 2 is 1.83 bits per heavy atom. The molecule has 2 rings (SSSR count). The smallest absolute Gasteiger partial charge is 0.269 e. The maximum absolute atomic E-state index is 10.8. The van der Waals surface area contributed by atoms with E-state index in [0.717, 1.165) is 63.9 Å². The molecule has 29 heavy (non-hydrogen) atoms. The van der Waals surface area contributed by atoms with Gasteiger partial charge in [-0.05, 0) is 12.0 Å². The molecule has 2 N–H and O–H groups in total. The van der Waals surface area contributed by atoms with Gasteiger partial charge in [-0.2, -0.15) is 0 Å². The van der Waals surface area contributed by atoms with Crippen molar-refractivity contribution in [3.8, 4) is 0 Å². The molecule has 0 aliphatic carbocycles. The first-order chi connectivity index (χ1) is 13.7. The lowest BCUT2D eigenvalue weighted by Gasteiger charge is -2.26. The molecule has 1 aromatic carbocycles. The molecule has 1 aliphatic rings. The zero-order valence-corrected chi connectivity index (χ0v) is 19.6. The van der Waals surface area contributed by atoms with Crippen molar-refractivity contribution in [2.75, 3.05) is 45.9 Å². The fraction of sp³-hybridized carbons (Fsp3) is 0.650. The molecule has 8 nitrogen and oxygen atoms in total. The molecule has 0 unspecified atom stereocenters. The molecular weight excluding hydrogens is 485 g/mol. The quantitative estimate of drug-likeness (QED) is 0.117. The van der Waals surface area contributed by atoms with Crippen LogP contribution >= 0.6 is 24.0 Å². The van der Waals surface area contributed by atoms with Crippen LogP contribution in [0.5, 0.6) is 0 Å². The predicted octanol–water partition coefficient (Wildman–Crippen LogP) is 3.16. The number of benzene rings is 1. The van der Waals surface area contributed by atoms with Crippen molar-refractivity contribution < 1.29 is 9.66 Å². The van der Waals surface area contributed by atoms with E-state index in [2.05, 4.69) is 27.4 Å². The van der Waals surface area contributed by atoms with E-state index < -0.39 is 0 Å². The Hall–Kier alpha value is -1.46. The maximum atomic E-state index is 10.8. The van der Waals surface area contributed by atoms with Crippen molar-refractivity contribution in [3.63, 3.8) is 0 Å². The van der Waals surface area contributed by atoms with Gasteiger partial charge in [0.25, 0.3) is 5.69 Å². The van der Waals surface area contributed by atoms with E-state index in [4.69, 9.17) is 4.74 Å². The second-order valence-electron chi connectivity index (χ2n) is 6.96. The molecule has 0 atom stereocenters. The molecule has 9 heteroatoms. The van der Waals surface area contributed by atoms with Gasteiger partial charge in [0.2, 0.25) is 0 Å². The molecule has 0 saturated carbocycles. The van der Waals surface area contributed by atoms with Gasteiger partial charge in [0.05, 0.1) is 24.7 Å². The first kappa shape index (κ1) is 25.6. The van der Waals surface area contributed by atoms with Crippen molar-refractivity contribution in [2.45, 2.75) is 39.2 Å². The zero-order chi connectivity index (χ0) is 20.0. The summed E-state index contributed by atoms with van der Waals surface area (Å²) in [5, 5.41) is 17.6. The third-order valence-electron chi connectivity index (χ3n) is 4.71. The van der Waals surface area contributed by atoms with Crippen LogP contribution in [0.1, 0.15) is 38.2 Å². The van der Waals surface area contributed by atoms with Gasteiger partial charge in [0, 0.05) is 44.9 Å². The molecule has 1 aromatic rings. The number of non-ortho nitro benzene ring substituents is 1. The van der Waals surface area contributed by atoms with Gasteiger partial charge in [-0.3, -0.25) is 15.0 Å². The largest absolute Gasteiger partial charge is 0.379 e. The Morgan fingerprint density at radius 3 is 2.48 bits per heavy atom. The van der Waals surface area contributed by atoms with E-state index in [9.17, 15) is 10.1 Å². The highest BCUT2D eigenvalue weighted by Gasteiger charge is 2.10. The van der Waals surface area contributed by atoms with Gasteiger partial charge in [0.1, 0.15) is 0 Å². The fourth-order valence-corrected chi connectivity index (χ4v) is 2.98. The number of nitrogens with one attached hydrogen (secondary N) is 2. The first-order valence-electron chi connectivity index (χ1n) is 10.2. The van der Waals surface area contributed by atoms with E-state index in [1.54, 1.807) is 12.1 Å². The number of hydrogen-bond acceptors (Lipinski definition) is 5. The lowest BCUT2D eigenvalue weighted by Crippen LogP contribution is -2.44. The van der Waals surface area contributed by atoms with Crippen LogP contribution in [0.3, 0.4) is 0 Å². The summed E-state index contributed by atoms with van der Waals surface area (Å²) in [5.74, 6) is 0.795. The molecule has 0 radical (unpaired) electrons. The number of nitro groups is 1. The molecule has 1 saturated heterocycles. The van der Waals surface area contributed by atoms with Gasteiger partial charge in [-0.15, -0.1) is 24.0 Å². The standard InChI is InChI=1S/C20H33N5O3.HI/c1-2-3-4-5-10-21-20(22-11-12-24-13-15-28-16-14-24)23-17-18-6-8-19(9-7-18)25(26)27;/h6-9H,2-5,10-17H2,1H3,(H2,21,22,23);1H. The predicted molar refractivity (Wildman–Crippen MR) is 127 cm³/mol. The van der Waals surface area contributed by atoms with Gasteiger partial charge in [-0.1, -0.05) is 38.3 Å². The number of ether oxygens (including phenoxy) is 1. The summed E-state index contributed by atoms with van der Waals surface area (Å²) in [6, 6.07) is 6.56. The van der Waals surface area contributed by atoms with Crippen LogP contribution in [0, 0.1) is 10.1 Å². The number of nitro benzene ring substituents is 1. The highest BCUT2D eigenvalue weighted by atomic mass is 127. The number of hydrogen-bond donors (Lipinski definition) is 2. The Balaban J connectivity index is 0.00000420. The number of aliphatic imine (C=N–C) groups is 1. The molecular formula is C20H34IN5O3. The van der Waals surface area contributed by atoms with Crippen LogP contribution in [0.4, 0.5) is 5.69 Å². The SMILES string of the molecule is CCCCCCNC(=NCc1ccc([N+](=O)[O-])cc1)NCCN1CCOCC1.I. The van der Waals surface area contributed by atoms with Crippen LogP contribution in [0.2, 0.25) is 0 Å². The second kappa shape index (κ2) is 15.4. The molecule has 1 fully saturated rings. The van der Waals surface area contributed by atoms with Gasteiger partial charge in [-0.25, -0.2) is 4.99 Å². The van der Waals surface area contributed by atoms with E-state index in [1.807, 2.05) is 0 Å². The number of rotatable bonds is 11. The van der Waals surface area contributed by atoms with E-state index in [0.29, 0.717) is 6.54 Å². The molecule has 0 spiro atoms. The van der Waals surface area contributed by atoms with Crippen LogP contribution in [0.15, 0.2) is 29.3 Å². The normalized spacial score (nSPS) is 14.9. The molecule has 1 heterocycles. The van der Waals surface area contributed by atoms with Crippen molar-refractivity contribution in [1.82, 2.24) is 15.5 Å². The van der Waals surface area contributed by atoms with Crippen molar-refractivity contribution in [3.05, 3.63) is 39.9 Å². The van der Waals surface area contributed by atoms with E-state index >= 15 is 0 Å². The molecule has 164 valence electrons. The monoisotopic (exact) mass is 519 g/mol. The molecule has 0 amide bonds. The minimum atomic E-state index is -0.385. The second-order valence-corrected chi connectivity index (χ2v) is 6.96.